The van der Waals surface area contributed by atoms with E-state index < -0.39 is 0 Å². The van der Waals surface area contributed by atoms with Crippen LogP contribution in [0, 0.1) is 0 Å². The van der Waals surface area contributed by atoms with E-state index in [-0.39, 0.29) is 5.78 Å². The fourth-order valence-corrected chi connectivity index (χ4v) is 1.03. The third-order valence-corrected chi connectivity index (χ3v) is 1.76. The van der Waals surface area contributed by atoms with Crippen LogP contribution in [0.1, 0.15) is 22.8 Å². The van der Waals surface area contributed by atoms with E-state index in [0.717, 1.165) is 11.1 Å². The molecule has 13 heavy (non-hydrogen) atoms. The van der Waals surface area contributed by atoms with Crippen molar-refractivity contribution in [1.82, 2.24) is 0 Å². The average molecular weight is 175 g/mol. The molecule has 0 spiro atoms. The molecular formula is C11H13NO. The zero-order chi connectivity index (χ0) is 9.68. The number of ketones is 1. The zero-order valence-electron chi connectivity index (χ0n) is 7.66. The summed E-state index contributed by atoms with van der Waals surface area (Å²) in [6.45, 7) is 2.10. The van der Waals surface area contributed by atoms with Crippen molar-refractivity contribution in [1.29, 1.82) is 0 Å². The van der Waals surface area contributed by atoms with Gasteiger partial charge in [-0.25, -0.2) is 0 Å². The second-order valence-electron chi connectivity index (χ2n) is 2.82. The van der Waals surface area contributed by atoms with Crippen LogP contribution in [-0.4, -0.2) is 12.3 Å². The number of benzene rings is 1. The average Bonchev–Trinajstić information content (AvgIpc) is 2.15. The van der Waals surface area contributed by atoms with Crippen molar-refractivity contribution in [3.8, 4) is 0 Å². The van der Waals surface area contributed by atoms with Gasteiger partial charge >= 0.3 is 0 Å². The lowest BCUT2D eigenvalue weighted by Crippen LogP contribution is -1.92. The van der Waals surface area contributed by atoms with Crippen LogP contribution in [-0.2, 0) is 0 Å². The van der Waals surface area contributed by atoms with Crippen molar-refractivity contribution in [3.63, 3.8) is 0 Å². The number of rotatable bonds is 3. The molecule has 0 heterocycles. The monoisotopic (exact) mass is 175 g/mol. The zero-order valence-corrected chi connectivity index (χ0v) is 7.66. The summed E-state index contributed by atoms with van der Waals surface area (Å²) in [5.41, 5.74) is 7.12. The Kier molecular flexibility index (Phi) is 3.41. The lowest BCUT2D eigenvalue weighted by Gasteiger charge is -1.96. The smallest absolute Gasteiger partial charge is 0.159 e. The molecule has 68 valence electrons. The van der Waals surface area contributed by atoms with E-state index in [1.807, 2.05) is 36.4 Å². The largest absolute Gasteiger partial charge is 0.327 e. The maximum atomic E-state index is 10.9. The SMILES string of the molecule is CC(=O)c1ccc(C=CCN)cc1. The maximum absolute atomic E-state index is 10.9. The highest BCUT2D eigenvalue weighted by Gasteiger charge is 1.96. The van der Waals surface area contributed by atoms with E-state index in [9.17, 15) is 4.79 Å². The first-order valence-electron chi connectivity index (χ1n) is 4.21. The van der Waals surface area contributed by atoms with E-state index in [0.29, 0.717) is 6.54 Å². The molecule has 0 aliphatic rings. The van der Waals surface area contributed by atoms with Crippen LogP contribution < -0.4 is 5.73 Å². The van der Waals surface area contributed by atoms with E-state index in [1.165, 1.54) is 0 Å². The van der Waals surface area contributed by atoms with Gasteiger partial charge in [0.05, 0.1) is 0 Å². The van der Waals surface area contributed by atoms with E-state index in [4.69, 9.17) is 5.73 Å². The van der Waals surface area contributed by atoms with Gasteiger partial charge in [-0.3, -0.25) is 4.79 Å². The third-order valence-electron chi connectivity index (χ3n) is 1.76. The molecule has 1 aromatic carbocycles. The second kappa shape index (κ2) is 4.58. The minimum absolute atomic E-state index is 0.0920. The molecule has 0 saturated carbocycles. The Morgan fingerprint density at radius 1 is 1.38 bits per heavy atom. The van der Waals surface area contributed by atoms with Gasteiger partial charge in [0.25, 0.3) is 0 Å². The number of Topliss-reactive ketones (excluding diaryl/α,β-unsaturated/α-hetero) is 1. The molecule has 2 nitrogen and oxygen atoms in total. The molecule has 0 radical (unpaired) electrons. The first kappa shape index (κ1) is 9.68. The molecule has 0 aliphatic heterocycles. The summed E-state index contributed by atoms with van der Waals surface area (Å²) in [4.78, 5) is 10.9. The molecule has 2 N–H and O–H groups in total. The van der Waals surface area contributed by atoms with Crippen LogP contribution in [0.5, 0.6) is 0 Å². The number of carbonyl (C=O) groups excluding carboxylic acids is 1. The summed E-state index contributed by atoms with van der Waals surface area (Å²) < 4.78 is 0. The van der Waals surface area contributed by atoms with Gasteiger partial charge in [0.15, 0.2) is 5.78 Å². The van der Waals surface area contributed by atoms with Crippen molar-refractivity contribution in [2.45, 2.75) is 6.92 Å². The van der Waals surface area contributed by atoms with Crippen molar-refractivity contribution in [2.75, 3.05) is 6.54 Å². The van der Waals surface area contributed by atoms with Gasteiger partial charge in [0, 0.05) is 12.1 Å². The topological polar surface area (TPSA) is 43.1 Å². The molecule has 0 aromatic heterocycles. The minimum atomic E-state index is 0.0920. The number of nitrogens with two attached hydrogens (primary N) is 1. The highest BCUT2D eigenvalue weighted by atomic mass is 16.1. The molecule has 1 aromatic rings. The van der Waals surface area contributed by atoms with E-state index in [2.05, 4.69) is 0 Å². The molecule has 2 heteroatoms. The maximum Gasteiger partial charge on any atom is 0.159 e. The second-order valence-corrected chi connectivity index (χ2v) is 2.82. The van der Waals surface area contributed by atoms with Crippen LogP contribution in [0.4, 0.5) is 0 Å². The number of hydrogen-bond donors (Lipinski definition) is 1. The Morgan fingerprint density at radius 3 is 2.46 bits per heavy atom. The van der Waals surface area contributed by atoms with Crippen LogP contribution >= 0.6 is 0 Å². The summed E-state index contributed by atoms with van der Waals surface area (Å²) in [5.74, 6) is 0.0920. The van der Waals surface area contributed by atoms with Crippen molar-refractivity contribution in [3.05, 3.63) is 41.5 Å². The van der Waals surface area contributed by atoms with Gasteiger partial charge < -0.3 is 5.73 Å². The summed E-state index contributed by atoms with van der Waals surface area (Å²) in [5, 5.41) is 0. The van der Waals surface area contributed by atoms with Crippen LogP contribution in [0.15, 0.2) is 30.3 Å². The summed E-state index contributed by atoms with van der Waals surface area (Å²) >= 11 is 0. The van der Waals surface area contributed by atoms with Crippen molar-refractivity contribution >= 4 is 11.9 Å². The van der Waals surface area contributed by atoms with Crippen molar-refractivity contribution < 1.29 is 4.79 Å². The Balaban J connectivity index is 2.81. The molecule has 0 amide bonds. The van der Waals surface area contributed by atoms with Crippen LogP contribution in [0.2, 0.25) is 0 Å². The summed E-state index contributed by atoms with van der Waals surface area (Å²) in [6.07, 6.45) is 3.81. The molecule has 0 bridgehead atoms. The summed E-state index contributed by atoms with van der Waals surface area (Å²) in [7, 11) is 0. The molecule has 0 aliphatic carbocycles. The predicted molar refractivity (Wildman–Crippen MR) is 54.5 cm³/mol. The highest BCUT2D eigenvalue weighted by Crippen LogP contribution is 2.06. The van der Waals surface area contributed by atoms with Gasteiger partial charge in [0.1, 0.15) is 0 Å². The van der Waals surface area contributed by atoms with Gasteiger partial charge in [-0.15, -0.1) is 0 Å². The summed E-state index contributed by atoms with van der Waals surface area (Å²) in [6, 6.07) is 7.45. The van der Waals surface area contributed by atoms with Gasteiger partial charge in [-0.05, 0) is 12.5 Å². The van der Waals surface area contributed by atoms with Crippen molar-refractivity contribution in [2.24, 2.45) is 5.73 Å². The fraction of sp³-hybridized carbons (Fsp3) is 0.182. The number of hydrogen-bond acceptors (Lipinski definition) is 2. The standard InChI is InChI=1S/C11H13NO/c1-9(13)11-6-4-10(5-7-11)3-2-8-12/h2-7H,8,12H2,1H3. The third kappa shape index (κ3) is 2.84. The fourth-order valence-electron chi connectivity index (χ4n) is 1.03. The predicted octanol–water partition coefficient (Wildman–Crippen LogP) is 1.86. The quantitative estimate of drug-likeness (QED) is 0.712. The Morgan fingerprint density at radius 2 is 2.00 bits per heavy atom. The van der Waals surface area contributed by atoms with Gasteiger partial charge in [-0.1, -0.05) is 36.4 Å². The lowest BCUT2D eigenvalue weighted by molar-refractivity contribution is 0.101. The van der Waals surface area contributed by atoms with Gasteiger partial charge in [-0.2, -0.15) is 0 Å². The lowest BCUT2D eigenvalue weighted by atomic mass is 10.1. The number of carbonyl (C=O) groups is 1. The van der Waals surface area contributed by atoms with Crippen LogP contribution in [0.25, 0.3) is 6.08 Å². The molecular weight excluding hydrogens is 162 g/mol. The minimum Gasteiger partial charge on any atom is -0.327 e. The molecule has 0 fully saturated rings. The van der Waals surface area contributed by atoms with Crippen LogP contribution in [0.3, 0.4) is 0 Å². The Hall–Kier alpha value is -1.41. The molecule has 0 saturated heterocycles. The Bertz CT molecular complexity index is 311. The highest BCUT2D eigenvalue weighted by molar-refractivity contribution is 5.94. The molecule has 1 rings (SSSR count). The molecule has 0 unspecified atom stereocenters. The molecule has 0 atom stereocenters. The Labute approximate surface area is 78.1 Å². The normalized spacial score (nSPS) is 10.6. The van der Waals surface area contributed by atoms with Gasteiger partial charge in [0.2, 0.25) is 0 Å². The van der Waals surface area contributed by atoms with E-state index >= 15 is 0 Å². The first-order valence-corrected chi connectivity index (χ1v) is 4.21. The first-order chi connectivity index (χ1) is 6.24. The van der Waals surface area contributed by atoms with E-state index in [1.54, 1.807) is 6.92 Å².